The third-order valence-corrected chi connectivity index (χ3v) is 25.6. The topological polar surface area (TPSA) is 396 Å². The van der Waals surface area contributed by atoms with Crippen LogP contribution in [0, 0.1) is 0 Å². The molecule has 142 heavy (non-hydrogen) atoms. The average Bonchev–Trinajstić information content (AvgIpc) is 1.63. The van der Waals surface area contributed by atoms with Crippen LogP contribution in [-0.2, 0) is 50.6 Å². The fourth-order valence-corrected chi connectivity index (χ4v) is 17.8. The number of morpholine rings is 1. The van der Waals surface area contributed by atoms with Crippen molar-refractivity contribution in [1.29, 1.82) is 0 Å². The van der Waals surface area contributed by atoms with E-state index in [0.717, 1.165) is 260 Å². The Hall–Kier alpha value is -15.5. The normalized spacial score (nSPS) is 14.8. The molecule has 5 fully saturated rings. The lowest BCUT2D eigenvalue weighted by atomic mass is 10.0. The molecule has 5 aromatic carbocycles. The third-order valence-electron chi connectivity index (χ3n) is 25.6. The molecule has 17 heterocycles. The number of piperidine rings is 1. The summed E-state index contributed by atoms with van der Waals surface area (Å²) in [4.78, 5) is 104. The highest BCUT2D eigenvalue weighted by molar-refractivity contribution is 6.14. The second-order valence-electron chi connectivity index (χ2n) is 37.0. The Morgan fingerprint density at radius 1 is 0.338 bits per heavy atom. The molecule has 0 radical (unpaired) electrons. The Balaban J connectivity index is 0.000000120. The first-order chi connectivity index (χ1) is 69.4. The zero-order chi connectivity index (χ0) is 97.2. The number of aliphatic hydroxyl groups is 1. The van der Waals surface area contributed by atoms with Crippen molar-refractivity contribution in [3.05, 3.63) is 313 Å². The number of benzene rings is 5. The van der Waals surface area contributed by atoms with Gasteiger partial charge in [0.05, 0.1) is 118 Å². The number of ether oxygens (including phenoxy) is 2. The van der Waals surface area contributed by atoms with Crippen molar-refractivity contribution in [2.75, 3.05) is 128 Å². The minimum Gasteiger partial charge on any atom is -0.456 e. The van der Waals surface area contributed by atoms with E-state index in [4.69, 9.17) is 9.47 Å². The van der Waals surface area contributed by atoms with E-state index in [1.807, 2.05) is 233 Å². The standard InChI is InChI=1S/C27H29N7O2.C27H31N7O2.C27H29N7O.C27H24N6O2/c35-27(30-22-3-4-23(29-16-22)18-33-6-1-7-33)26-24-13-20(2-5-25(24)31-32-26)21-12-19(14-28-15-21)17-34-8-10-36-11-9-34;1-33(2)17-22-5-4-21(15-29-22)30-27(36)26-24-12-19(3-6-25(24)31-32-26)20-11-18(13-28-14-20)16-34-9-7-23(35)8-10-34;35-27(30-22-5-6-23(29-16-22)18-34-10-3-11-34)26-24-13-20(4-7-25(24)31-32-26)21-12-19(14-28-15-21)17-33-8-1-2-9-33;1-33(2)17-21-10-9-20(15-29-21)30-27(34)26-24-13-18(8-11-25(24)31-32-26)19-12-23(16-28-14-19)35-22-6-4-3-5-7-22/h2-5,12-16H,1,6-11,17-18H2,(H,30,35)(H,31,32);3-6,11-15,23,35H,7-10,16-17H2,1-2H3,(H,30,36)(H,31,32);4-7,12-16H,1-3,8-11,17-18H2,(H,30,35)(H,31,32);3-16H,17H2,1-2H3,(H,30,34)(H,31,32). The van der Waals surface area contributed by atoms with Crippen molar-refractivity contribution < 1.29 is 33.8 Å². The van der Waals surface area contributed by atoms with Gasteiger partial charge in [-0.2, -0.15) is 20.4 Å². The molecular formula is C108H113N27O7. The van der Waals surface area contributed by atoms with Crippen molar-refractivity contribution in [2.45, 2.75) is 90.4 Å². The molecule has 34 nitrogen and oxygen atoms in total. The van der Waals surface area contributed by atoms with Crippen LogP contribution in [0.1, 0.15) is 120 Å². The Labute approximate surface area is 821 Å². The van der Waals surface area contributed by atoms with Gasteiger partial charge in [-0.05, 0) is 278 Å². The van der Waals surface area contributed by atoms with Gasteiger partial charge in [0, 0.05) is 159 Å². The average molecular weight is 1900 g/mol. The molecule has 0 saturated carbocycles. The lowest BCUT2D eigenvalue weighted by molar-refractivity contribution is 0.0341. The van der Waals surface area contributed by atoms with Gasteiger partial charge >= 0.3 is 0 Å². The van der Waals surface area contributed by atoms with Crippen LogP contribution < -0.4 is 26.0 Å². The second kappa shape index (κ2) is 45.2. The maximum Gasteiger partial charge on any atom is 0.276 e. The number of para-hydroxylation sites is 1. The molecule has 5 aliphatic heterocycles. The number of likely N-dealkylation sites (tertiary alicyclic amines) is 4. The summed E-state index contributed by atoms with van der Waals surface area (Å²) in [6, 6.07) is 56.9. The van der Waals surface area contributed by atoms with Crippen LogP contribution in [0.25, 0.3) is 88.1 Å². The monoisotopic (exact) mass is 1900 g/mol. The maximum atomic E-state index is 13.1. The number of anilines is 4. The fourth-order valence-electron chi connectivity index (χ4n) is 17.8. The molecule has 34 heteroatoms. The lowest BCUT2D eigenvalue weighted by Gasteiger charge is -2.30. The highest BCUT2D eigenvalue weighted by Crippen LogP contribution is 2.35. The van der Waals surface area contributed by atoms with Gasteiger partial charge in [0.15, 0.2) is 22.8 Å². The van der Waals surface area contributed by atoms with E-state index in [1.54, 1.807) is 37.2 Å². The van der Waals surface area contributed by atoms with Crippen LogP contribution in [0.15, 0.2) is 250 Å². The molecule has 0 atom stereocenters. The number of carbonyl (C=O) groups excluding carboxylic acids is 4. The fraction of sp³-hybridized carbons (Fsp3) is 0.278. The minimum absolute atomic E-state index is 0.183. The van der Waals surface area contributed by atoms with Gasteiger partial charge in [0.2, 0.25) is 0 Å². The first kappa shape index (κ1) is 95.4. The van der Waals surface area contributed by atoms with E-state index in [2.05, 4.69) is 145 Å². The quantitative estimate of drug-likeness (QED) is 0.0220. The molecule has 22 rings (SSSR count). The Morgan fingerprint density at radius 2 is 0.662 bits per heavy atom. The summed E-state index contributed by atoms with van der Waals surface area (Å²) in [5, 5.41) is 53.4. The largest absolute Gasteiger partial charge is 0.456 e. The zero-order valence-electron chi connectivity index (χ0n) is 79.8. The number of rotatable bonds is 28. The summed E-state index contributed by atoms with van der Waals surface area (Å²) in [5.41, 5.74) is 22.2. The van der Waals surface area contributed by atoms with Crippen LogP contribution in [0.5, 0.6) is 11.5 Å². The summed E-state index contributed by atoms with van der Waals surface area (Å²) in [6.45, 7) is 17.7. The number of pyridine rings is 8. The number of aromatic nitrogens is 16. The van der Waals surface area contributed by atoms with Gasteiger partial charge < -0.3 is 45.6 Å². The Bertz CT molecular complexity index is 7210. The van der Waals surface area contributed by atoms with Crippen molar-refractivity contribution in [3.63, 3.8) is 0 Å². The van der Waals surface area contributed by atoms with E-state index >= 15 is 0 Å². The molecule has 12 aromatic heterocycles. The van der Waals surface area contributed by atoms with Crippen LogP contribution in [0.2, 0.25) is 0 Å². The van der Waals surface area contributed by atoms with Crippen molar-refractivity contribution in [2.24, 2.45) is 0 Å². The van der Waals surface area contributed by atoms with Gasteiger partial charge in [-0.3, -0.25) is 104 Å². The van der Waals surface area contributed by atoms with Gasteiger partial charge in [-0.1, -0.05) is 42.5 Å². The number of hydrogen-bond donors (Lipinski definition) is 9. The summed E-state index contributed by atoms with van der Waals surface area (Å²) < 4.78 is 11.4. The molecule has 0 aliphatic carbocycles. The Morgan fingerprint density at radius 3 is 1.00 bits per heavy atom. The molecule has 5 saturated heterocycles. The molecule has 722 valence electrons. The number of nitrogens with one attached hydrogen (secondary N) is 8. The van der Waals surface area contributed by atoms with Crippen LogP contribution in [0.4, 0.5) is 22.7 Å². The van der Waals surface area contributed by atoms with Crippen molar-refractivity contribution in [1.82, 2.24) is 115 Å². The van der Waals surface area contributed by atoms with E-state index in [9.17, 15) is 24.3 Å². The smallest absolute Gasteiger partial charge is 0.276 e. The summed E-state index contributed by atoms with van der Waals surface area (Å²) >= 11 is 0. The molecule has 0 bridgehead atoms. The molecule has 5 aliphatic rings. The highest BCUT2D eigenvalue weighted by Gasteiger charge is 2.26. The zero-order valence-corrected chi connectivity index (χ0v) is 79.8. The van der Waals surface area contributed by atoms with Crippen LogP contribution >= 0.6 is 0 Å². The van der Waals surface area contributed by atoms with Gasteiger partial charge in [-0.15, -0.1) is 0 Å². The minimum atomic E-state index is -0.310. The molecule has 4 amide bonds. The number of amides is 4. The van der Waals surface area contributed by atoms with E-state index < -0.39 is 0 Å². The summed E-state index contributed by atoms with van der Waals surface area (Å²) in [6.07, 6.45) is 28.0. The first-order valence-corrected chi connectivity index (χ1v) is 48.1. The molecule has 17 aromatic rings. The maximum absolute atomic E-state index is 13.1. The molecule has 0 spiro atoms. The number of fused-ring (bicyclic) bond motifs is 4. The second-order valence-corrected chi connectivity index (χ2v) is 37.0. The van der Waals surface area contributed by atoms with Crippen molar-refractivity contribution >= 4 is 90.0 Å². The van der Waals surface area contributed by atoms with Gasteiger partial charge in [0.25, 0.3) is 23.6 Å². The van der Waals surface area contributed by atoms with Crippen LogP contribution in [0.3, 0.4) is 0 Å². The van der Waals surface area contributed by atoms with Gasteiger partial charge in [0.1, 0.15) is 11.5 Å². The molecule has 0 unspecified atom stereocenters. The van der Waals surface area contributed by atoms with Crippen molar-refractivity contribution in [3.8, 4) is 56.0 Å². The summed E-state index contributed by atoms with van der Waals surface area (Å²) in [5.74, 6) is 0.236. The Kier molecular flexibility index (Phi) is 30.4. The first-order valence-electron chi connectivity index (χ1n) is 48.1. The van der Waals surface area contributed by atoms with E-state index in [-0.39, 0.29) is 29.7 Å². The lowest BCUT2D eigenvalue weighted by Crippen LogP contribution is -2.36. The predicted octanol–water partition coefficient (Wildman–Crippen LogP) is 15.8. The van der Waals surface area contributed by atoms with E-state index in [1.165, 1.54) is 31.2 Å². The number of carbonyl (C=O) groups is 4. The molecular weight excluding hydrogens is 1790 g/mol. The van der Waals surface area contributed by atoms with Crippen LogP contribution in [-0.4, -0.2) is 257 Å². The van der Waals surface area contributed by atoms with Gasteiger partial charge in [-0.25, -0.2) is 0 Å². The SMILES string of the molecule is CN(C)Cc1ccc(NC(=O)c2n[nH]c3ccc(-c4cncc(CN5CCC(O)CC5)c4)cc23)cn1.CN(C)Cc1ccc(NC(=O)c2n[nH]c3ccc(-c4cncc(Oc5ccccc5)c4)cc23)cn1.O=C(Nc1ccc(CN2CCC2)nc1)c1n[nH]c2ccc(-c3cncc(CN4CCCC4)c3)cc12.O=C(Nc1ccc(CN2CCC2)nc1)c1n[nH]c2ccc(-c3cncc(CN4CCOCC4)c3)cc12. The number of H-pyrrole nitrogens is 4. The number of aromatic amines is 4. The summed E-state index contributed by atoms with van der Waals surface area (Å²) in [7, 11) is 7.94. The highest BCUT2D eigenvalue weighted by atomic mass is 16.5. The predicted molar refractivity (Wildman–Crippen MR) is 548 cm³/mol. The number of nitrogens with zero attached hydrogens (tertiary/aromatic N) is 19. The number of aliphatic hydroxyl groups excluding tert-OH is 1. The third kappa shape index (κ3) is 24.7. The molecule has 9 N–H and O–H groups in total. The number of hydrogen-bond acceptors (Lipinski definition) is 26. The van der Waals surface area contributed by atoms with E-state index in [0.29, 0.717) is 56.7 Å².